The van der Waals surface area contributed by atoms with Gasteiger partial charge < -0.3 is 14.7 Å². The van der Waals surface area contributed by atoms with Gasteiger partial charge in [0.1, 0.15) is 10.6 Å². The van der Waals surface area contributed by atoms with Crippen molar-refractivity contribution in [2.24, 2.45) is 5.92 Å². The molecule has 2 amide bonds. The van der Waals surface area contributed by atoms with Gasteiger partial charge in [-0.3, -0.25) is 10.1 Å². The van der Waals surface area contributed by atoms with E-state index in [9.17, 15) is 19.1 Å². The average Bonchev–Trinajstić information content (AvgIpc) is 3.21. The molecule has 0 aliphatic heterocycles. The molecule has 192 valence electrons. The third kappa shape index (κ3) is 8.06. The lowest BCUT2D eigenvalue weighted by Crippen LogP contribution is -2.46. The first-order valence-electron chi connectivity index (χ1n) is 11.5. The molecule has 1 saturated carbocycles. The summed E-state index contributed by atoms with van der Waals surface area (Å²) in [7, 11) is 0. The monoisotopic (exact) mass is 543 g/mol. The minimum Gasteiger partial charge on any atom is -0.480 e. The Morgan fingerprint density at radius 2 is 2.06 bits per heavy atom. The van der Waals surface area contributed by atoms with Crippen molar-refractivity contribution in [1.29, 1.82) is 0 Å². The summed E-state index contributed by atoms with van der Waals surface area (Å²) in [6.07, 6.45) is 5.54. The molecule has 0 radical (unpaired) electrons. The maximum Gasteiger partial charge on any atom is 0.323 e. The molecule has 1 aromatic carbocycles. The number of ether oxygens (including phenoxy) is 1. The van der Waals surface area contributed by atoms with Crippen LogP contribution in [0.3, 0.4) is 0 Å². The van der Waals surface area contributed by atoms with Crippen LogP contribution in [0.2, 0.25) is 5.02 Å². The number of thioether (sulfide) groups is 1. The standard InChI is InChI=1S/C24H31ClFN3O4S2/c1-15-4-8-18(9-5-15)29(10-11-33-14-16-6-7-17(26)12-19(16)25)23(32)28-22-27-13-20(34-22)35-24(2,3)21(30)31/h6-7,12-13,15,18H,4-5,8-11,14H2,1-3H3,(H,30,31)(H,27,28,32). The number of amides is 2. The van der Waals surface area contributed by atoms with Crippen LogP contribution in [0.25, 0.3) is 0 Å². The number of hydrogen-bond acceptors (Lipinski definition) is 6. The summed E-state index contributed by atoms with van der Waals surface area (Å²) in [5, 5.41) is 13.0. The Kier molecular flexibility index (Phi) is 9.80. The zero-order valence-electron chi connectivity index (χ0n) is 20.1. The SMILES string of the molecule is CC1CCC(N(CCOCc2ccc(F)cc2Cl)C(=O)Nc2ncc(SC(C)(C)C(=O)O)s2)CC1. The second kappa shape index (κ2) is 12.4. The maximum atomic E-state index is 13.3. The highest BCUT2D eigenvalue weighted by atomic mass is 35.5. The van der Waals surface area contributed by atoms with Gasteiger partial charge in [0, 0.05) is 17.6 Å². The van der Waals surface area contributed by atoms with Crippen LogP contribution in [-0.2, 0) is 16.1 Å². The Balaban J connectivity index is 1.60. The molecule has 1 aliphatic rings. The topological polar surface area (TPSA) is 91.8 Å². The maximum absolute atomic E-state index is 13.3. The van der Waals surface area contributed by atoms with Crippen LogP contribution in [0.4, 0.5) is 14.3 Å². The van der Waals surface area contributed by atoms with Crippen molar-refractivity contribution in [3.05, 3.63) is 40.8 Å². The van der Waals surface area contributed by atoms with E-state index in [0.717, 1.165) is 25.7 Å². The fourth-order valence-electron chi connectivity index (χ4n) is 3.81. The number of carbonyl (C=O) groups excluding carboxylic acids is 1. The molecule has 0 saturated heterocycles. The number of aromatic nitrogens is 1. The summed E-state index contributed by atoms with van der Waals surface area (Å²) in [6.45, 7) is 6.40. The van der Waals surface area contributed by atoms with Gasteiger partial charge in [0.05, 0.1) is 23.6 Å². The van der Waals surface area contributed by atoms with E-state index >= 15 is 0 Å². The normalized spacial score (nSPS) is 18.3. The van der Waals surface area contributed by atoms with E-state index in [4.69, 9.17) is 16.3 Å². The summed E-state index contributed by atoms with van der Waals surface area (Å²) in [4.78, 5) is 30.7. The van der Waals surface area contributed by atoms with E-state index in [1.165, 1.54) is 35.2 Å². The van der Waals surface area contributed by atoms with Gasteiger partial charge in [-0.2, -0.15) is 0 Å². The zero-order valence-corrected chi connectivity index (χ0v) is 22.4. The van der Waals surface area contributed by atoms with Gasteiger partial charge in [-0.1, -0.05) is 47.7 Å². The molecule has 35 heavy (non-hydrogen) atoms. The lowest BCUT2D eigenvalue weighted by Gasteiger charge is -2.36. The molecule has 0 bridgehead atoms. The van der Waals surface area contributed by atoms with Crippen LogP contribution in [-0.4, -0.2) is 50.9 Å². The molecule has 2 aromatic rings. The molecular weight excluding hydrogens is 513 g/mol. The molecule has 11 heteroatoms. The second-order valence-corrected chi connectivity index (χ2v) is 12.6. The Morgan fingerprint density at radius 3 is 2.71 bits per heavy atom. The van der Waals surface area contributed by atoms with Crippen molar-refractivity contribution in [2.45, 2.75) is 68.1 Å². The number of nitrogens with one attached hydrogen (secondary N) is 1. The number of carboxylic acids is 1. The molecular formula is C24H31ClFN3O4S2. The van der Waals surface area contributed by atoms with E-state index < -0.39 is 16.5 Å². The third-order valence-electron chi connectivity index (χ3n) is 6.01. The van der Waals surface area contributed by atoms with E-state index in [1.807, 2.05) is 0 Å². The number of aliphatic carboxylic acids is 1. The van der Waals surface area contributed by atoms with Crippen molar-refractivity contribution in [3.8, 4) is 0 Å². The number of halogens is 2. The van der Waals surface area contributed by atoms with Crippen LogP contribution in [0.1, 0.15) is 52.0 Å². The number of thiazole rings is 1. The van der Waals surface area contributed by atoms with Gasteiger partial charge in [0.25, 0.3) is 0 Å². The molecule has 1 aromatic heterocycles. The van der Waals surface area contributed by atoms with Crippen molar-refractivity contribution in [1.82, 2.24) is 9.88 Å². The minimum atomic E-state index is -0.997. The highest BCUT2D eigenvalue weighted by Crippen LogP contribution is 2.37. The number of anilines is 1. The summed E-state index contributed by atoms with van der Waals surface area (Å²) in [6, 6.07) is 4.03. The molecule has 7 nitrogen and oxygen atoms in total. The van der Waals surface area contributed by atoms with Crippen molar-refractivity contribution in [2.75, 3.05) is 18.5 Å². The second-order valence-electron chi connectivity index (χ2n) is 9.23. The van der Waals surface area contributed by atoms with Crippen LogP contribution in [0.5, 0.6) is 0 Å². The Bertz CT molecular complexity index is 1030. The summed E-state index contributed by atoms with van der Waals surface area (Å²) in [5.74, 6) is -0.673. The average molecular weight is 544 g/mol. The fraction of sp³-hybridized carbons (Fsp3) is 0.542. The molecule has 3 rings (SSSR count). The summed E-state index contributed by atoms with van der Waals surface area (Å²) < 4.78 is 18.7. The molecule has 1 aliphatic carbocycles. The minimum absolute atomic E-state index is 0.101. The molecule has 0 atom stereocenters. The number of urea groups is 1. The lowest BCUT2D eigenvalue weighted by atomic mass is 9.86. The summed E-state index contributed by atoms with van der Waals surface area (Å²) in [5.41, 5.74) is 0.688. The van der Waals surface area contributed by atoms with Gasteiger partial charge in [-0.15, -0.1) is 0 Å². The van der Waals surface area contributed by atoms with E-state index in [-0.39, 0.29) is 18.7 Å². The molecule has 1 heterocycles. The highest BCUT2D eigenvalue weighted by molar-refractivity contribution is 8.03. The van der Waals surface area contributed by atoms with Gasteiger partial charge >= 0.3 is 12.0 Å². The highest BCUT2D eigenvalue weighted by Gasteiger charge is 2.30. The predicted molar refractivity (Wildman–Crippen MR) is 138 cm³/mol. The Labute approximate surface area is 218 Å². The Morgan fingerprint density at radius 1 is 1.34 bits per heavy atom. The lowest BCUT2D eigenvalue weighted by molar-refractivity contribution is -0.138. The first-order valence-corrected chi connectivity index (χ1v) is 13.5. The van der Waals surface area contributed by atoms with Gasteiger partial charge in [-0.05, 0) is 63.1 Å². The number of nitrogens with zero attached hydrogens (tertiary/aromatic N) is 2. The van der Waals surface area contributed by atoms with E-state index in [0.29, 0.717) is 39.0 Å². The van der Waals surface area contributed by atoms with Gasteiger partial charge in [0.15, 0.2) is 5.13 Å². The number of carboxylic acid groups (broad SMARTS) is 1. The molecule has 0 spiro atoms. The molecule has 2 N–H and O–H groups in total. The largest absolute Gasteiger partial charge is 0.480 e. The quantitative estimate of drug-likeness (QED) is 0.262. The molecule has 0 unspecified atom stereocenters. The zero-order chi connectivity index (χ0) is 25.6. The first kappa shape index (κ1) is 27.7. The molecule has 1 fully saturated rings. The Hall–Kier alpha value is -1.88. The van der Waals surface area contributed by atoms with Gasteiger partial charge in [0.2, 0.25) is 0 Å². The van der Waals surface area contributed by atoms with Crippen LogP contribution < -0.4 is 5.32 Å². The van der Waals surface area contributed by atoms with E-state index in [2.05, 4.69) is 17.2 Å². The predicted octanol–water partition coefficient (Wildman–Crippen LogP) is 6.52. The number of carbonyl (C=O) groups is 2. The van der Waals surface area contributed by atoms with Crippen LogP contribution in [0, 0.1) is 11.7 Å². The fourth-order valence-corrected chi connectivity index (χ4v) is 6.30. The third-order valence-corrected chi connectivity index (χ3v) is 8.56. The van der Waals surface area contributed by atoms with Crippen molar-refractivity contribution >= 4 is 51.8 Å². The number of hydrogen-bond donors (Lipinski definition) is 2. The van der Waals surface area contributed by atoms with Gasteiger partial charge in [-0.25, -0.2) is 14.2 Å². The van der Waals surface area contributed by atoms with Crippen LogP contribution >= 0.6 is 34.7 Å². The smallest absolute Gasteiger partial charge is 0.323 e. The van der Waals surface area contributed by atoms with E-state index in [1.54, 1.807) is 31.0 Å². The number of rotatable bonds is 10. The number of benzene rings is 1. The first-order chi connectivity index (χ1) is 16.5. The summed E-state index contributed by atoms with van der Waals surface area (Å²) >= 11 is 8.52. The van der Waals surface area contributed by atoms with Crippen molar-refractivity contribution < 1.29 is 23.8 Å². The van der Waals surface area contributed by atoms with Crippen molar-refractivity contribution in [3.63, 3.8) is 0 Å². The van der Waals surface area contributed by atoms with Crippen LogP contribution in [0.15, 0.2) is 28.6 Å².